The summed E-state index contributed by atoms with van der Waals surface area (Å²) in [6, 6.07) is 13.2. The predicted octanol–water partition coefficient (Wildman–Crippen LogP) is 3.29. The van der Waals surface area contributed by atoms with E-state index in [9.17, 15) is 4.79 Å². The van der Waals surface area contributed by atoms with Gasteiger partial charge in [0.1, 0.15) is 5.75 Å². The lowest BCUT2D eigenvalue weighted by atomic mass is 9.98. The summed E-state index contributed by atoms with van der Waals surface area (Å²) in [6.45, 7) is 2.65. The molecule has 6 N–H and O–H groups in total. The number of likely N-dealkylation sites (N-methyl/N-ethyl adjacent to an activating group) is 1. The highest BCUT2D eigenvalue weighted by atomic mass is 16.5. The van der Waals surface area contributed by atoms with Gasteiger partial charge in [0, 0.05) is 13.6 Å². The number of pyridine rings is 1. The third kappa shape index (κ3) is 7.12. The molecule has 33 heavy (non-hydrogen) atoms. The van der Waals surface area contributed by atoms with Gasteiger partial charge in [-0.2, -0.15) is 0 Å². The molecule has 178 valence electrons. The van der Waals surface area contributed by atoms with Gasteiger partial charge < -0.3 is 26.1 Å². The van der Waals surface area contributed by atoms with Crippen LogP contribution in [0.15, 0.2) is 48.2 Å². The maximum atomic E-state index is 12.3. The van der Waals surface area contributed by atoms with Crippen LogP contribution in [0.1, 0.15) is 56.0 Å². The number of urea groups is 1. The van der Waals surface area contributed by atoms with Crippen molar-refractivity contribution in [2.45, 2.75) is 58.1 Å². The summed E-state index contributed by atoms with van der Waals surface area (Å²) in [6.07, 6.45) is 6.88. The van der Waals surface area contributed by atoms with Crippen molar-refractivity contribution in [3.05, 3.63) is 65.1 Å². The normalized spacial score (nSPS) is 14.9. The molecule has 8 nitrogen and oxygen atoms in total. The number of nitrogens with zero attached hydrogens (tertiary/aromatic N) is 2. The zero-order valence-corrected chi connectivity index (χ0v) is 19.6. The predicted molar refractivity (Wildman–Crippen MR) is 131 cm³/mol. The summed E-state index contributed by atoms with van der Waals surface area (Å²) in [5.41, 5.74) is 9.92. The Kier molecular flexibility index (Phi) is 8.95. The quantitative estimate of drug-likeness (QED) is 0.342. The number of benzene rings is 1. The van der Waals surface area contributed by atoms with Crippen LogP contribution in [0.5, 0.6) is 5.75 Å². The number of hydrogen-bond acceptors (Lipinski definition) is 6. The lowest BCUT2D eigenvalue weighted by Gasteiger charge is -2.24. The standard InChI is InChI=1S/C25H36N6O2/c1-3-20-23(33-19-12-8-5-9-13-19)15-14-21(30-20)24(26)22(31(2)27)17-29-25(32)28-16-18-10-6-4-7-11-18/h4,6-7,10-11,14-15,19H,3,5,8-9,12-13,16-17,26-27H2,1-2H3,(H2,28,29,32)/b24-22-. The Hall–Kier alpha value is -3.26. The lowest BCUT2D eigenvalue weighted by molar-refractivity contribution is 0.153. The van der Waals surface area contributed by atoms with Crippen molar-refractivity contribution in [3.63, 3.8) is 0 Å². The average Bonchev–Trinajstić information content (AvgIpc) is 2.84. The summed E-state index contributed by atoms with van der Waals surface area (Å²) in [4.78, 5) is 17.0. The number of ether oxygens (including phenoxy) is 1. The third-order valence-corrected chi connectivity index (χ3v) is 5.84. The first-order valence-electron chi connectivity index (χ1n) is 11.7. The fourth-order valence-corrected chi connectivity index (χ4v) is 3.92. The molecule has 2 aromatic rings. The minimum Gasteiger partial charge on any atom is -0.489 e. The van der Waals surface area contributed by atoms with Gasteiger partial charge in [-0.25, -0.2) is 15.6 Å². The molecule has 1 aliphatic rings. The van der Waals surface area contributed by atoms with E-state index in [-0.39, 0.29) is 18.7 Å². The van der Waals surface area contributed by atoms with E-state index in [4.69, 9.17) is 21.3 Å². The summed E-state index contributed by atoms with van der Waals surface area (Å²) < 4.78 is 6.24. The van der Waals surface area contributed by atoms with E-state index in [1.165, 1.54) is 24.3 Å². The Labute approximate surface area is 196 Å². The van der Waals surface area contributed by atoms with Crippen molar-refractivity contribution in [1.29, 1.82) is 0 Å². The molecule has 1 heterocycles. The molecule has 0 atom stereocenters. The molecule has 2 amide bonds. The molecule has 1 fully saturated rings. The van der Waals surface area contributed by atoms with E-state index in [0.717, 1.165) is 36.3 Å². The number of carbonyl (C=O) groups excluding carboxylic acids is 1. The number of carbonyl (C=O) groups is 1. The molecule has 3 rings (SSSR count). The molecule has 1 aliphatic carbocycles. The van der Waals surface area contributed by atoms with Crippen LogP contribution in [0.3, 0.4) is 0 Å². The van der Waals surface area contributed by atoms with E-state index in [1.54, 1.807) is 7.05 Å². The highest BCUT2D eigenvalue weighted by molar-refractivity contribution is 5.75. The SMILES string of the molecule is CCc1nc(/C(N)=C(\CNC(=O)NCc2ccccc2)N(C)N)ccc1OC1CCCCC1. The maximum absolute atomic E-state index is 12.3. The summed E-state index contributed by atoms with van der Waals surface area (Å²) in [5.74, 6) is 6.84. The van der Waals surface area contributed by atoms with E-state index in [2.05, 4.69) is 10.6 Å². The Morgan fingerprint density at radius 3 is 2.52 bits per heavy atom. The van der Waals surface area contributed by atoms with Crippen LogP contribution in [0.4, 0.5) is 4.79 Å². The van der Waals surface area contributed by atoms with E-state index in [0.29, 0.717) is 23.6 Å². The highest BCUT2D eigenvalue weighted by Gasteiger charge is 2.18. The molecular formula is C25H36N6O2. The molecule has 0 unspecified atom stereocenters. The minimum atomic E-state index is -0.301. The van der Waals surface area contributed by atoms with Crippen molar-refractivity contribution >= 4 is 11.7 Å². The molecule has 0 bridgehead atoms. The van der Waals surface area contributed by atoms with Gasteiger partial charge in [0.05, 0.1) is 35.4 Å². The summed E-state index contributed by atoms with van der Waals surface area (Å²) >= 11 is 0. The molecule has 8 heteroatoms. The molecule has 0 spiro atoms. The Balaban J connectivity index is 1.67. The van der Waals surface area contributed by atoms with E-state index in [1.807, 2.05) is 49.4 Å². The smallest absolute Gasteiger partial charge is 0.315 e. The van der Waals surface area contributed by atoms with Gasteiger partial charge in [0.25, 0.3) is 0 Å². The Bertz CT molecular complexity index is 939. The summed E-state index contributed by atoms with van der Waals surface area (Å²) in [7, 11) is 1.69. The first-order chi connectivity index (χ1) is 16.0. The number of hydrazine groups is 1. The number of nitrogens with two attached hydrogens (primary N) is 2. The summed E-state index contributed by atoms with van der Waals surface area (Å²) in [5, 5.41) is 7.06. The van der Waals surface area contributed by atoms with Crippen molar-refractivity contribution in [2.24, 2.45) is 11.6 Å². The second kappa shape index (κ2) is 12.1. The fraction of sp³-hybridized carbons (Fsp3) is 0.440. The first-order valence-corrected chi connectivity index (χ1v) is 11.7. The van der Waals surface area contributed by atoms with Crippen LogP contribution in [-0.2, 0) is 13.0 Å². The van der Waals surface area contributed by atoms with Gasteiger partial charge in [0.2, 0.25) is 0 Å². The van der Waals surface area contributed by atoms with Crippen molar-refractivity contribution in [1.82, 2.24) is 20.6 Å². The van der Waals surface area contributed by atoms with Crippen LogP contribution in [0, 0.1) is 0 Å². The monoisotopic (exact) mass is 452 g/mol. The molecule has 0 saturated heterocycles. The fourth-order valence-electron chi connectivity index (χ4n) is 3.92. The second-order valence-electron chi connectivity index (χ2n) is 8.37. The molecule has 1 saturated carbocycles. The van der Waals surface area contributed by atoms with Gasteiger partial charge >= 0.3 is 6.03 Å². The largest absolute Gasteiger partial charge is 0.489 e. The van der Waals surface area contributed by atoms with Crippen LogP contribution in [-0.4, -0.2) is 35.7 Å². The topological polar surface area (TPSA) is 119 Å². The van der Waals surface area contributed by atoms with E-state index < -0.39 is 0 Å². The van der Waals surface area contributed by atoms with Crippen molar-refractivity contribution in [2.75, 3.05) is 13.6 Å². The Morgan fingerprint density at radius 2 is 1.85 bits per heavy atom. The molecular weight excluding hydrogens is 416 g/mol. The molecule has 1 aromatic carbocycles. The maximum Gasteiger partial charge on any atom is 0.315 e. The van der Waals surface area contributed by atoms with Gasteiger partial charge in [-0.05, 0) is 49.8 Å². The second-order valence-corrected chi connectivity index (χ2v) is 8.37. The average molecular weight is 453 g/mol. The number of rotatable bonds is 9. The number of aryl methyl sites for hydroxylation is 1. The van der Waals surface area contributed by atoms with Gasteiger partial charge in [0.15, 0.2) is 0 Å². The van der Waals surface area contributed by atoms with Gasteiger partial charge in [-0.3, -0.25) is 0 Å². The Morgan fingerprint density at radius 1 is 1.12 bits per heavy atom. The third-order valence-electron chi connectivity index (χ3n) is 5.84. The van der Waals surface area contributed by atoms with Crippen molar-refractivity contribution in [3.8, 4) is 5.75 Å². The zero-order chi connectivity index (χ0) is 23.6. The zero-order valence-electron chi connectivity index (χ0n) is 19.6. The van der Waals surface area contributed by atoms with Gasteiger partial charge in [-0.1, -0.05) is 43.7 Å². The number of aromatic nitrogens is 1. The van der Waals surface area contributed by atoms with E-state index >= 15 is 0 Å². The minimum absolute atomic E-state index is 0.170. The van der Waals surface area contributed by atoms with Crippen LogP contribution in [0.25, 0.3) is 5.70 Å². The van der Waals surface area contributed by atoms with Crippen LogP contribution < -0.4 is 26.9 Å². The van der Waals surface area contributed by atoms with Gasteiger partial charge in [-0.15, -0.1) is 0 Å². The number of hydrogen-bond donors (Lipinski definition) is 4. The molecule has 0 radical (unpaired) electrons. The lowest BCUT2D eigenvalue weighted by Crippen LogP contribution is -2.40. The highest BCUT2D eigenvalue weighted by Crippen LogP contribution is 2.27. The number of nitrogens with one attached hydrogen (secondary N) is 2. The molecule has 1 aromatic heterocycles. The van der Waals surface area contributed by atoms with Crippen LogP contribution >= 0.6 is 0 Å². The number of amides is 2. The van der Waals surface area contributed by atoms with Crippen molar-refractivity contribution < 1.29 is 9.53 Å². The first kappa shape index (κ1) is 24.4. The van der Waals surface area contributed by atoms with Crippen LogP contribution in [0.2, 0.25) is 0 Å². The molecule has 0 aliphatic heterocycles.